The minimum Gasteiger partial charge on any atom is -0.264 e. The smallest absolute Gasteiger partial charge is 0.0305 e. The van der Waals surface area contributed by atoms with Crippen LogP contribution >= 0.6 is 0 Å². The van der Waals surface area contributed by atoms with E-state index in [1.54, 1.807) is 0 Å². The van der Waals surface area contributed by atoms with E-state index in [1.165, 1.54) is 24.0 Å². The van der Waals surface area contributed by atoms with E-state index in [9.17, 15) is 0 Å². The van der Waals surface area contributed by atoms with Crippen LogP contribution < -0.4 is 0 Å². The van der Waals surface area contributed by atoms with Crippen molar-refractivity contribution in [1.82, 2.24) is 4.98 Å². The number of nitrogens with zero attached hydrogens (tertiary/aromatic N) is 1. The minimum atomic E-state index is 0.697. The number of aromatic nitrogens is 1. The average molecular weight is 161 g/mol. The highest BCUT2D eigenvalue weighted by Crippen LogP contribution is 2.34. The Morgan fingerprint density at radius 2 is 2.25 bits per heavy atom. The number of hydrogen-bond donors (Lipinski definition) is 0. The summed E-state index contributed by atoms with van der Waals surface area (Å²) in [6, 6.07) is 2.16. The van der Waals surface area contributed by atoms with Crippen LogP contribution in [-0.2, 0) is 6.42 Å². The van der Waals surface area contributed by atoms with Gasteiger partial charge >= 0.3 is 0 Å². The first kappa shape index (κ1) is 7.78. The van der Waals surface area contributed by atoms with Crippen LogP contribution in [0.5, 0.6) is 0 Å². The Hall–Kier alpha value is -0.850. The van der Waals surface area contributed by atoms with Crippen molar-refractivity contribution in [1.29, 1.82) is 0 Å². The number of rotatable bonds is 0. The molecule has 1 heteroatoms. The lowest BCUT2D eigenvalue weighted by molar-refractivity contribution is 0.425. The normalized spacial score (nSPS) is 28.2. The Morgan fingerprint density at radius 3 is 3.08 bits per heavy atom. The van der Waals surface area contributed by atoms with E-state index in [0.29, 0.717) is 5.92 Å². The van der Waals surface area contributed by atoms with Crippen molar-refractivity contribution in [3.05, 3.63) is 29.6 Å². The van der Waals surface area contributed by atoms with Crippen molar-refractivity contribution in [2.75, 3.05) is 0 Å². The summed E-state index contributed by atoms with van der Waals surface area (Å²) in [5.74, 6) is 1.52. The van der Waals surface area contributed by atoms with E-state index in [4.69, 9.17) is 0 Å². The van der Waals surface area contributed by atoms with Crippen LogP contribution in [0, 0.1) is 5.92 Å². The first-order valence-corrected chi connectivity index (χ1v) is 4.72. The SMILES string of the molecule is CC1CCc2ccncc2C1C. The molecule has 0 radical (unpaired) electrons. The molecule has 12 heavy (non-hydrogen) atoms. The van der Waals surface area contributed by atoms with E-state index >= 15 is 0 Å². The highest BCUT2D eigenvalue weighted by molar-refractivity contribution is 5.29. The van der Waals surface area contributed by atoms with Crippen molar-refractivity contribution in [3.63, 3.8) is 0 Å². The zero-order valence-electron chi connectivity index (χ0n) is 7.75. The first-order chi connectivity index (χ1) is 5.79. The summed E-state index contributed by atoms with van der Waals surface area (Å²) in [4.78, 5) is 4.18. The third-order valence-corrected chi connectivity index (χ3v) is 3.16. The Morgan fingerprint density at radius 1 is 1.42 bits per heavy atom. The van der Waals surface area contributed by atoms with Crippen LogP contribution in [0.3, 0.4) is 0 Å². The monoisotopic (exact) mass is 161 g/mol. The molecule has 0 saturated carbocycles. The van der Waals surface area contributed by atoms with Gasteiger partial charge in [0.05, 0.1) is 0 Å². The molecule has 2 atom stereocenters. The molecule has 0 aliphatic heterocycles. The largest absolute Gasteiger partial charge is 0.264 e. The van der Waals surface area contributed by atoms with Gasteiger partial charge < -0.3 is 0 Å². The van der Waals surface area contributed by atoms with Gasteiger partial charge in [0.2, 0.25) is 0 Å². The summed E-state index contributed by atoms with van der Waals surface area (Å²) >= 11 is 0. The zero-order chi connectivity index (χ0) is 8.55. The average Bonchev–Trinajstić information content (AvgIpc) is 2.12. The number of aryl methyl sites for hydroxylation is 1. The lowest BCUT2D eigenvalue weighted by Crippen LogP contribution is -2.15. The summed E-state index contributed by atoms with van der Waals surface area (Å²) in [5, 5.41) is 0. The van der Waals surface area contributed by atoms with Gasteiger partial charge in [0, 0.05) is 12.4 Å². The lowest BCUT2D eigenvalue weighted by atomic mass is 9.78. The predicted octanol–water partition coefficient (Wildman–Crippen LogP) is 2.77. The van der Waals surface area contributed by atoms with Crippen LogP contribution in [0.1, 0.15) is 37.3 Å². The van der Waals surface area contributed by atoms with E-state index in [1.807, 2.05) is 12.4 Å². The van der Waals surface area contributed by atoms with E-state index in [-0.39, 0.29) is 0 Å². The molecule has 2 rings (SSSR count). The first-order valence-electron chi connectivity index (χ1n) is 4.72. The van der Waals surface area contributed by atoms with Gasteiger partial charge in [0.25, 0.3) is 0 Å². The van der Waals surface area contributed by atoms with Crippen molar-refractivity contribution in [2.45, 2.75) is 32.6 Å². The second kappa shape index (κ2) is 2.89. The molecule has 0 N–H and O–H groups in total. The van der Waals surface area contributed by atoms with E-state index in [0.717, 1.165) is 5.92 Å². The van der Waals surface area contributed by atoms with Crippen LogP contribution in [0.4, 0.5) is 0 Å². The lowest BCUT2D eigenvalue weighted by Gasteiger charge is -2.27. The second-order valence-corrected chi connectivity index (χ2v) is 3.88. The van der Waals surface area contributed by atoms with Crippen molar-refractivity contribution in [2.24, 2.45) is 5.92 Å². The van der Waals surface area contributed by atoms with Gasteiger partial charge in [-0.3, -0.25) is 4.98 Å². The van der Waals surface area contributed by atoms with Gasteiger partial charge in [-0.25, -0.2) is 0 Å². The molecule has 2 unspecified atom stereocenters. The quantitative estimate of drug-likeness (QED) is 0.570. The molecule has 1 nitrogen and oxygen atoms in total. The molecule has 1 aliphatic carbocycles. The van der Waals surface area contributed by atoms with Crippen LogP contribution in [0.15, 0.2) is 18.5 Å². The molecular formula is C11H15N. The summed E-state index contributed by atoms with van der Waals surface area (Å²) in [6.07, 6.45) is 6.51. The third-order valence-electron chi connectivity index (χ3n) is 3.16. The van der Waals surface area contributed by atoms with E-state index in [2.05, 4.69) is 24.9 Å². The molecule has 0 bridgehead atoms. The van der Waals surface area contributed by atoms with Gasteiger partial charge in [-0.15, -0.1) is 0 Å². The summed E-state index contributed by atoms with van der Waals surface area (Å²) < 4.78 is 0. The summed E-state index contributed by atoms with van der Waals surface area (Å²) in [6.45, 7) is 4.64. The fraction of sp³-hybridized carbons (Fsp3) is 0.545. The molecule has 0 saturated heterocycles. The standard InChI is InChI=1S/C11H15N/c1-8-3-4-10-5-6-12-7-11(10)9(8)2/h5-9H,3-4H2,1-2H3. The third kappa shape index (κ3) is 1.13. The fourth-order valence-corrected chi connectivity index (χ4v) is 2.01. The molecule has 0 aromatic carbocycles. The van der Waals surface area contributed by atoms with Crippen LogP contribution in [-0.4, -0.2) is 4.98 Å². The Kier molecular flexibility index (Phi) is 1.87. The van der Waals surface area contributed by atoms with Gasteiger partial charge in [-0.2, -0.15) is 0 Å². The minimum absolute atomic E-state index is 0.697. The molecule has 1 aromatic heterocycles. The Bertz CT molecular complexity index is 280. The summed E-state index contributed by atoms with van der Waals surface area (Å²) in [7, 11) is 0. The Balaban J connectivity index is 2.42. The second-order valence-electron chi connectivity index (χ2n) is 3.88. The van der Waals surface area contributed by atoms with Crippen LogP contribution in [0.25, 0.3) is 0 Å². The van der Waals surface area contributed by atoms with Gasteiger partial charge in [0.1, 0.15) is 0 Å². The number of fused-ring (bicyclic) bond motifs is 1. The van der Waals surface area contributed by atoms with Gasteiger partial charge in [0.15, 0.2) is 0 Å². The highest BCUT2D eigenvalue weighted by atomic mass is 14.6. The maximum Gasteiger partial charge on any atom is 0.0305 e. The molecule has 1 heterocycles. The maximum atomic E-state index is 4.18. The molecule has 0 fully saturated rings. The molecule has 0 spiro atoms. The Labute approximate surface area is 73.8 Å². The van der Waals surface area contributed by atoms with Gasteiger partial charge in [-0.1, -0.05) is 13.8 Å². The topological polar surface area (TPSA) is 12.9 Å². The molecule has 0 amide bonds. The zero-order valence-corrected chi connectivity index (χ0v) is 7.75. The van der Waals surface area contributed by atoms with Crippen molar-refractivity contribution < 1.29 is 0 Å². The van der Waals surface area contributed by atoms with Crippen LogP contribution in [0.2, 0.25) is 0 Å². The van der Waals surface area contributed by atoms with E-state index < -0.39 is 0 Å². The van der Waals surface area contributed by atoms with Crippen molar-refractivity contribution >= 4 is 0 Å². The highest BCUT2D eigenvalue weighted by Gasteiger charge is 2.22. The predicted molar refractivity (Wildman–Crippen MR) is 50.1 cm³/mol. The fourth-order valence-electron chi connectivity index (χ4n) is 2.01. The molecule has 64 valence electrons. The number of pyridine rings is 1. The molecule has 1 aromatic rings. The molecule has 1 aliphatic rings. The molecular weight excluding hydrogens is 146 g/mol. The van der Waals surface area contributed by atoms with Crippen molar-refractivity contribution in [3.8, 4) is 0 Å². The van der Waals surface area contributed by atoms with Gasteiger partial charge in [-0.05, 0) is 41.9 Å². The maximum absolute atomic E-state index is 4.18. The number of hydrogen-bond acceptors (Lipinski definition) is 1. The summed E-state index contributed by atoms with van der Waals surface area (Å²) in [5.41, 5.74) is 2.98.